The van der Waals surface area contributed by atoms with E-state index in [1.165, 1.54) is 0 Å². The summed E-state index contributed by atoms with van der Waals surface area (Å²) in [6.07, 6.45) is 1.09. The highest BCUT2D eigenvalue weighted by Gasteiger charge is 2.19. The molecule has 0 saturated carbocycles. The number of piperidine rings is 1. The molecule has 1 aromatic rings. The number of hydrogen-bond acceptors (Lipinski definition) is 4. The number of nitrogens with two attached hydrogens (primary N) is 1. The van der Waals surface area contributed by atoms with Crippen LogP contribution < -0.4 is 21.1 Å². The third-order valence-electron chi connectivity index (χ3n) is 3.14. The molecule has 1 aliphatic rings. The normalized spacial score (nSPS) is 17.7. The van der Waals surface area contributed by atoms with Crippen LogP contribution in [-0.2, 0) is 9.59 Å². The third-order valence-corrected chi connectivity index (χ3v) is 3.38. The fourth-order valence-corrected chi connectivity index (χ4v) is 2.13. The van der Waals surface area contributed by atoms with Crippen molar-refractivity contribution >= 4 is 29.0 Å². The zero-order valence-corrected chi connectivity index (χ0v) is 12.2. The minimum absolute atomic E-state index is 0.0228. The van der Waals surface area contributed by atoms with Crippen LogP contribution in [0.4, 0.5) is 0 Å². The fraction of sp³-hybridized carbons (Fsp3) is 0.357. The fourth-order valence-electron chi connectivity index (χ4n) is 1.99. The molecule has 1 atom stereocenters. The molecule has 1 fully saturated rings. The van der Waals surface area contributed by atoms with Gasteiger partial charge in [0.25, 0.3) is 5.91 Å². The summed E-state index contributed by atoms with van der Waals surface area (Å²) in [4.78, 5) is 23.1. The van der Waals surface area contributed by atoms with Crippen LogP contribution in [-0.4, -0.2) is 36.0 Å². The maximum Gasteiger partial charge on any atom is 0.258 e. The largest absolute Gasteiger partial charge is 0.484 e. The van der Waals surface area contributed by atoms with Crippen molar-refractivity contribution in [1.82, 2.24) is 10.6 Å². The van der Waals surface area contributed by atoms with Crippen LogP contribution >= 0.6 is 12.2 Å². The Kier molecular flexibility index (Phi) is 5.10. The molecule has 0 spiro atoms. The lowest BCUT2D eigenvalue weighted by Gasteiger charge is -2.23. The molecule has 6 nitrogen and oxygen atoms in total. The minimum atomic E-state index is -0.213. The molecular weight excluding hydrogens is 290 g/mol. The summed E-state index contributed by atoms with van der Waals surface area (Å²) < 4.78 is 5.38. The SMILES string of the molecule is NC(=S)c1ccc(OCC(=O)NC2CCC(=O)NC2)cc1. The van der Waals surface area contributed by atoms with Crippen LogP contribution in [0.15, 0.2) is 24.3 Å². The second kappa shape index (κ2) is 7.03. The molecule has 1 aromatic carbocycles. The van der Waals surface area contributed by atoms with Gasteiger partial charge >= 0.3 is 0 Å². The van der Waals surface area contributed by atoms with E-state index in [1.54, 1.807) is 24.3 Å². The van der Waals surface area contributed by atoms with E-state index in [-0.39, 0.29) is 24.5 Å². The van der Waals surface area contributed by atoms with Crippen LogP contribution in [0.1, 0.15) is 18.4 Å². The van der Waals surface area contributed by atoms with Crippen LogP contribution in [0.25, 0.3) is 0 Å². The van der Waals surface area contributed by atoms with Crippen LogP contribution in [0.2, 0.25) is 0 Å². The molecule has 4 N–H and O–H groups in total. The highest BCUT2D eigenvalue weighted by atomic mass is 32.1. The number of rotatable bonds is 5. The van der Waals surface area contributed by atoms with Gasteiger partial charge < -0.3 is 21.1 Å². The smallest absolute Gasteiger partial charge is 0.258 e. The standard InChI is InChI=1S/C14H17N3O3S/c15-14(21)9-1-4-11(5-2-9)20-8-13(19)17-10-3-6-12(18)16-7-10/h1-2,4-5,10H,3,6-8H2,(H2,15,21)(H,16,18)(H,17,19). The number of ether oxygens (including phenoxy) is 1. The molecular formula is C14H17N3O3S. The lowest BCUT2D eigenvalue weighted by atomic mass is 10.1. The van der Waals surface area contributed by atoms with Crippen LogP contribution in [0, 0.1) is 0 Å². The number of thiocarbonyl (C=S) groups is 1. The van der Waals surface area contributed by atoms with Crippen molar-refractivity contribution in [3.63, 3.8) is 0 Å². The van der Waals surface area contributed by atoms with Crippen molar-refractivity contribution in [2.45, 2.75) is 18.9 Å². The van der Waals surface area contributed by atoms with E-state index in [0.717, 1.165) is 5.56 Å². The Morgan fingerprint density at radius 3 is 2.71 bits per heavy atom. The Morgan fingerprint density at radius 1 is 1.43 bits per heavy atom. The number of amides is 2. The lowest BCUT2D eigenvalue weighted by Crippen LogP contribution is -2.48. The number of hydrogen-bond donors (Lipinski definition) is 3. The van der Waals surface area contributed by atoms with Crippen molar-refractivity contribution in [3.8, 4) is 5.75 Å². The van der Waals surface area contributed by atoms with Crippen molar-refractivity contribution in [1.29, 1.82) is 0 Å². The van der Waals surface area contributed by atoms with Gasteiger partial charge in [-0.2, -0.15) is 0 Å². The predicted molar refractivity (Wildman–Crippen MR) is 82.0 cm³/mol. The first-order chi connectivity index (χ1) is 10.0. The first kappa shape index (κ1) is 15.2. The van der Waals surface area contributed by atoms with Gasteiger partial charge in [0.1, 0.15) is 10.7 Å². The number of carbonyl (C=O) groups excluding carboxylic acids is 2. The Labute approximate surface area is 128 Å². The van der Waals surface area contributed by atoms with Crippen molar-refractivity contribution in [2.24, 2.45) is 5.73 Å². The molecule has 21 heavy (non-hydrogen) atoms. The number of benzene rings is 1. The Bertz CT molecular complexity index is 535. The summed E-state index contributed by atoms with van der Waals surface area (Å²) in [6, 6.07) is 6.87. The van der Waals surface area contributed by atoms with Gasteiger partial charge in [0.15, 0.2) is 6.61 Å². The van der Waals surface area contributed by atoms with Gasteiger partial charge in [-0.25, -0.2) is 0 Å². The maximum absolute atomic E-state index is 11.8. The van der Waals surface area contributed by atoms with E-state index in [9.17, 15) is 9.59 Å². The Hall–Kier alpha value is -2.15. The zero-order valence-electron chi connectivity index (χ0n) is 11.4. The summed E-state index contributed by atoms with van der Waals surface area (Å²) in [6.45, 7) is 0.393. The van der Waals surface area contributed by atoms with E-state index >= 15 is 0 Å². The molecule has 0 aliphatic carbocycles. The van der Waals surface area contributed by atoms with E-state index in [0.29, 0.717) is 30.1 Å². The van der Waals surface area contributed by atoms with Gasteiger partial charge in [0, 0.05) is 24.6 Å². The second-order valence-corrected chi connectivity index (χ2v) is 5.22. The molecule has 1 aliphatic heterocycles. The van der Waals surface area contributed by atoms with Gasteiger partial charge in [0.2, 0.25) is 5.91 Å². The highest BCUT2D eigenvalue weighted by molar-refractivity contribution is 7.80. The van der Waals surface area contributed by atoms with E-state index in [4.69, 9.17) is 22.7 Å². The molecule has 112 valence electrons. The topological polar surface area (TPSA) is 93.4 Å². The quantitative estimate of drug-likeness (QED) is 0.671. The molecule has 2 amide bonds. The molecule has 0 radical (unpaired) electrons. The summed E-state index contributed by atoms with van der Waals surface area (Å²) in [5.41, 5.74) is 6.25. The lowest BCUT2D eigenvalue weighted by molar-refractivity contribution is -0.126. The molecule has 1 saturated heterocycles. The molecule has 7 heteroatoms. The summed E-state index contributed by atoms with van der Waals surface area (Å²) in [5.74, 6) is 0.381. The first-order valence-electron chi connectivity index (χ1n) is 6.63. The monoisotopic (exact) mass is 307 g/mol. The van der Waals surface area contributed by atoms with Crippen LogP contribution in [0.5, 0.6) is 5.75 Å². The Balaban J connectivity index is 1.75. The number of carbonyl (C=O) groups is 2. The molecule has 2 rings (SSSR count). The predicted octanol–water partition coefficient (Wildman–Crippen LogP) is 0.0944. The maximum atomic E-state index is 11.8. The Morgan fingerprint density at radius 2 is 2.14 bits per heavy atom. The van der Waals surface area contributed by atoms with E-state index < -0.39 is 0 Å². The average molecular weight is 307 g/mol. The van der Waals surface area contributed by atoms with Gasteiger partial charge in [-0.15, -0.1) is 0 Å². The molecule has 1 heterocycles. The van der Waals surface area contributed by atoms with Gasteiger partial charge in [-0.3, -0.25) is 9.59 Å². The van der Waals surface area contributed by atoms with Crippen molar-refractivity contribution < 1.29 is 14.3 Å². The summed E-state index contributed by atoms with van der Waals surface area (Å²) in [7, 11) is 0. The average Bonchev–Trinajstić information content (AvgIpc) is 2.48. The number of nitrogens with one attached hydrogen (secondary N) is 2. The van der Waals surface area contributed by atoms with Gasteiger partial charge in [-0.1, -0.05) is 12.2 Å². The molecule has 0 bridgehead atoms. The zero-order chi connectivity index (χ0) is 15.2. The second-order valence-electron chi connectivity index (χ2n) is 4.78. The summed E-state index contributed by atoms with van der Waals surface area (Å²) >= 11 is 4.85. The van der Waals surface area contributed by atoms with Crippen LogP contribution in [0.3, 0.4) is 0 Å². The molecule has 1 unspecified atom stereocenters. The summed E-state index contributed by atoms with van der Waals surface area (Å²) in [5, 5.41) is 5.53. The minimum Gasteiger partial charge on any atom is -0.484 e. The van der Waals surface area contributed by atoms with E-state index in [1.807, 2.05) is 0 Å². The van der Waals surface area contributed by atoms with Gasteiger partial charge in [0.05, 0.1) is 0 Å². The van der Waals surface area contributed by atoms with Gasteiger partial charge in [-0.05, 0) is 30.7 Å². The van der Waals surface area contributed by atoms with Crippen molar-refractivity contribution in [3.05, 3.63) is 29.8 Å². The van der Waals surface area contributed by atoms with Crippen molar-refractivity contribution in [2.75, 3.05) is 13.2 Å². The van der Waals surface area contributed by atoms with E-state index in [2.05, 4.69) is 10.6 Å². The molecule has 0 aromatic heterocycles. The first-order valence-corrected chi connectivity index (χ1v) is 7.04. The third kappa shape index (κ3) is 4.71. The highest BCUT2D eigenvalue weighted by Crippen LogP contribution is 2.12.